The number of carbonyl (C=O) groups excluding carboxylic acids is 1. The molecule has 0 bridgehead atoms. The normalized spacial score (nSPS) is 15.8. The maximum atomic E-state index is 13.4. The number of fused-ring (bicyclic) bond motifs is 2. The number of aromatic nitrogens is 4. The van der Waals surface area contributed by atoms with Gasteiger partial charge in [-0.15, -0.1) is 0 Å². The molecule has 2 atom stereocenters. The van der Waals surface area contributed by atoms with Crippen LogP contribution in [0.5, 0.6) is 0 Å². The van der Waals surface area contributed by atoms with Gasteiger partial charge in [-0.2, -0.15) is 5.10 Å². The number of nitrogens with zero attached hydrogens (tertiary/aromatic N) is 4. The highest BCUT2D eigenvalue weighted by molar-refractivity contribution is 7.99. The van der Waals surface area contributed by atoms with Crippen LogP contribution in [-0.2, 0) is 11.2 Å². The highest BCUT2D eigenvalue weighted by Crippen LogP contribution is 2.33. The standard InChI is InChI=1S/C27H29N5O2S/c1-17-9-12-21(13-18(17)2)32-25-23(15-28-32)26(34)31-22(16-35-27(31)30-25)14-24(33)29-19(3)10-11-20-7-5-4-6-8-20/h4-9,12-13,15,19,22H,10-11,14,16H2,1-3H3,(H,29,33). The fraction of sp³-hybridized carbons (Fsp3) is 0.333. The van der Waals surface area contributed by atoms with E-state index in [1.54, 1.807) is 15.4 Å². The van der Waals surface area contributed by atoms with Crippen LogP contribution in [0.15, 0.2) is 64.7 Å². The minimum atomic E-state index is -0.217. The van der Waals surface area contributed by atoms with Crippen molar-refractivity contribution in [2.75, 3.05) is 5.75 Å². The minimum absolute atomic E-state index is 0.0400. The summed E-state index contributed by atoms with van der Waals surface area (Å²) in [7, 11) is 0. The lowest BCUT2D eigenvalue weighted by Gasteiger charge is -2.17. The van der Waals surface area contributed by atoms with Crippen LogP contribution in [0.2, 0.25) is 0 Å². The van der Waals surface area contributed by atoms with Gasteiger partial charge < -0.3 is 5.32 Å². The summed E-state index contributed by atoms with van der Waals surface area (Å²) < 4.78 is 3.40. The molecule has 0 saturated heterocycles. The van der Waals surface area contributed by atoms with Gasteiger partial charge >= 0.3 is 0 Å². The van der Waals surface area contributed by atoms with E-state index in [1.807, 2.05) is 43.3 Å². The fourth-order valence-electron chi connectivity index (χ4n) is 4.47. The Balaban J connectivity index is 1.31. The molecule has 1 aliphatic heterocycles. The van der Waals surface area contributed by atoms with Gasteiger partial charge in [0.1, 0.15) is 5.39 Å². The van der Waals surface area contributed by atoms with E-state index >= 15 is 0 Å². The molecule has 2 aromatic carbocycles. The second-order valence-corrected chi connectivity index (χ2v) is 10.3. The summed E-state index contributed by atoms with van der Waals surface area (Å²) in [6.07, 6.45) is 3.62. The monoisotopic (exact) mass is 487 g/mol. The van der Waals surface area contributed by atoms with Gasteiger partial charge in [0.25, 0.3) is 5.56 Å². The Bertz CT molecular complexity index is 1440. The van der Waals surface area contributed by atoms with Crippen molar-refractivity contribution < 1.29 is 4.79 Å². The lowest BCUT2D eigenvalue weighted by molar-refractivity contribution is -0.122. The van der Waals surface area contributed by atoms with E-state index in [4.69, 9.17) is 4.98 Å². The topological polar surface area (TPSA) is 81.8 Å². The Morgan fingerprint density at radius 3 is 2.74 bits per heavy atom. The van der Waals surface area contributed by atoms with Crippen LogP contribution in [-0.4, -0.2) is 37.0 Å². The molecule has 1 aliphatic rings. The molecule has 4 aromatic rings. The average molecular weight is 488 g/mol. The summed E-state index contributed by atoms with van der Waals surface area (Å²) in [5.74, 6) is 0.611. The van der Waals surface area contributed by atoms with E-state index in [2.05, 4.69) is 36.4 Å². The summed E-state index contributed by atoms with van der Waals surface area (Å²) in [6, 6.07) is 16.2. The van der Waals surface area contributed by atoms with Gasteiger partial charge in [0, 0.05) is 18.2 Å². The molecule has 35 heavy (non-hydrogen) atoms. The van der Waals surface area contributed by atoms with E-state index in [0.717, 1.165) is 24.1 Å². The molecule has 2 unspecified atom stereocenters. The van der Waals surface area contributed by atoms with Crippen molar-refractivity contribution in [1.29, 1.82) is 0 Å². The van der Waals surface area contributed by atoms with Crippen molar-refractivity contribution in [3.05, 3.63) is 81.8 Å². The number of hydrogen-bond acceptors (Lipinski definition) is 5. The van der Waals surface area contributed by atoms with Gasteiger partial charge in [-0.3, -0.25) is 14.2 Å². The molecular formula is C27H29N5O2S. The first-order valence-corrected chi connectivity index (χ1v) is 12.9. The predicted molar refractivity (Wildman–Crippen MR) is 139 cm³/mol. The van der Waals surface area contributed by atoms with E-state index in [9.17, 15) is 9.59 Å². The van der Waals surface area contributed by atoms with E-state index < -0.39 is 0 Å². The summed E-state index contributed by atoms with van der Waals surface area (Å²) in [4.78, 5) is 30.9. The number of benzene rings is 2. The van der Waals surface area contributed by atoms with E-state index in [1.165, 1.54) is 22.9 Å². The molecule has 1 amide bonds. The molecule has 0 aliphatic carbocycles. The number of aryl methyl sites for hydroxylation is 3. The molecule has 3 heterocycles. The maximum Gasteiger partial charge on any atom is 0.265 e. The molecule has 1 N–H and O–H groups in total. The average Bonchev–Trinajstić information content (AvgIpc) is 3.45. The molecule has 8 heteroatoms. The quantitative estimate of drug-likeness (QED) is 0.392. The fourth-order valence-corrected chi connectivity index (χ4v) is 5.61. The maximum absolute atomic E-state index is 13.4. The summed E-state index contributed by atoms with van der Waals surface area (Å²) >= 11 is 1.52. The Morgan fingerprint density at radius 1 is 1.17 bits per heavy atom. The van der Waals surface area contributed by atoms with Gasteiger partial charge in [-0.1, -0.05) is 48.2 Å². The molecule has 180 valence electrons. The minimum Gasteiger partial charge on any atom is -0.354 e. The number of nitrogens with one attached hydrogen (secondary N) is 1. The van der Waals surface area contributed by atoms with Crippen LogP contribution in [0, 0.1) is 13.8 Å². The number of thioether (sulfide) groups is 1. The summed E-state index contributed by atoms with van der Waals surface area (Å²) in [6.45, 7) is 6.14. The zero-order valence-corrected chi connectivity index (χ0v) is 21.0. The Morgan fingerprint density at radius 2 is 1.97 bits per heavy atom. The second kappa shape index (κ2) is 9.70. The molecule has 0 radical (unpaired) electrons. The molecule has 0 saturated carbocycles. The van der Waals surface area contributed by atoms with Crippen LogP contribution in [0.25, 0.3) is 16.7 Å². The third-order valence-corrected chi connectivity index (χ3v) is 7.74. The number of amides is 1. The van der Waals surface area contributed by atoms with Crippen molar-refractivity contribution in [2.45, 2.75) is 57.3 Å². The van der Waals surface area contributed by atoms with Crippen LogP contribution < -0.4 is 10.9 Å². The van der Waals surface area contributed by atoms with Gasteiger partial charge in [0.05, 0.1) is 17.9 Å². The van der Waals surface area contributed by atoms with Gasteiger partial charge in [0.15, 0.2) is 10.8 Å². The Labute approximate surface area is 208 Å². The van der Waals surface area contributed by atoms with Crippen molar-refractivity contribution >= 4 is 28.7 Å². The zero-order chi connectivity index (χ0) is 24.5. The predicted octanol–water partition coefficient (Wildman–Crippen LogP) is 4.37. The summed E-state index contributed by atoms with van der Waals surface area (Å²) in [5.41, 5.74) is 4.91. The van der Waals surface area contributed by atoms with Crippen LogP contribution in [0.1, 0.15) is 42.5 Å². The van der Waals surface area contributed by atoms with E-state index in [-0.39, 0.29) is 30.0 Å². The van der Waals surface area contributed by atoms with Crippen molar-refractivity contribution in [1.82, 2.24) is 24.6 Å². The van der Waals surface area contributed by atoms with Gasteiger partial charge in [-0.25, -0.2) is 9.67 Å². The zero-order valence-electron chi connectivity index (χ0n) is 20.2. The van der Waals surface area contributed by atoms with Crippen molar-refractivity contribution in [3.8, 4) is 5.69 Å². The summed E-state index contributed by atoms with van der Waals surface area (Å²) in [5, 5.41) is 8.67. The Hall–Kier alpha value is -3.39. The highest BCUT2D eigenvalue weighted by Gasteiger charge is 2.30. The second-order valence-electron chi connectivity index (χ2n) is 9.29. The third-order valence-electron chi connectivity index (χ3n) is 6.64. The van der Waals surface area contributed by atoms with Gasteiger partial charge in [0.2, 0.25) is 5.91 Å². The molecule has 0 spiro atoms. The van der Waals surface area contributed by atoms with Crippen LogP contribution in [0.3, 0.4) is 0 Å². The number of carbonyl (C=O) groups is 1. The molecular weight excluding hydrogens is 458 g/mol. The molecule has 2 aromatic heterocycles. The van der Waals surface area contributed by atoms with Crippen molar-refractivity contribution in [2.24, 2.45) is 0 Å². The first kappa shape index (κ1) is 23.4. The number of rotatable bonds is 7. The first-order chi connectivity index (χ1) is 16.9. The van der Waals surface area contributed by atoms with Gasteiger partial charge in [-0.05, 0) is 62.4 Å². The molecule has 7 nitrogen and oxygen atoms in total. The van der Waals surface area contributed by atoms with E-state index in [0.29, 0.717) is 21.9 Å². The largest absolute Gasteiger partial charge is 0.354 e. The lowest BCUT2D eigenvalue weighted by Crippen LogP contribution is -2.35. The highest BCUT2D eigenvalue weighted by atomic mass is 32.2. The smallest absolute Gasteiger partial charge is 0.265 e. The third kappa shape index (κ3) is 4.75. The lowest BCUT2D eigenvalue weighted by atomic mass is 10.1. The molecule has 0 fully saturated rings. The van der Waals surface area contributed by atoms with Crippen LogP contribution in [0.4, 0.5) is 0 Å². The number of hydrogen-bond donors (Lipinski definition) is 1. The van der Waals surface area contributed by atoms with Crippen molar-refractivity contribution in [3.63, 3.8) is 0 Å². The van der Waals surface area contributed by atoms with Crippen LogP contribution >= 0.6 is 11.8 Å². The molecule has 5 rings (SSSR count). The first-order valence-electron chi connectivity index (χ1n) is 11.9. The SMILES string of the molecule is Cc1ccc(-n2ncc3c(=O)n4c(nc32)SCC4CC(=O)NC(C)CCc2ccccc2)cc1C. The Kier molecular flexibility index (Phi) is 6.47.